The van der Waals surface area contributed by atoms with Gasteiger partial charge >= 0.3 is 0 Å². The number of thiazole rings is 1. The SMILES string of the molecule is Nc1nc2c(s1)CN(C(=O)Cc1ccccc1[N+](=O)[O-])C2. The number of nitro groups is 1. The number of carbonyl (C=O) groups excluding carboxylic acids is 1. The Balaban J connectivity index is 1.74. The van der Waals surface area contributed by atoms with E-state index >= 15 is 0 Å². The minimum atomic E-state index is -0.467. The van der Waals surface area contributed by atoms with Crippen molar-refractivity contribution in [1.82, 2.24) is 9.88 Å². The first-order valence-corrected chi connectivity index (χ1v) is 7.10. The van der Waals surface area contributed by atoms with Crippen LogP contribution in [-0.4, -0.2) is 20.7 Å². The number of hydrogen-bond donors (Lipinski definition) is 1. The number of nitro benzene ring substituents is 1. The average Bonchev–Trinajstić information content (AvgIpc) is 2.96. The number of rotatable bonds is 3. The van der Waals surface area contributed by atoms with Gasteiger partial charge in [0.05, 0.1) is 35.0 Å². The maximum absolute atomic E-state index is 12.3. The molecule has 1 amide bonds. The summed E-state index contributed by atoms with van der Waals surface area (Å²) in [5, 5.41) is 11.5. The Morgan fingerprint density at radius 3 is 2.90 bits per heavy atom. The maximum Gasteiger partial charge on any atom is 0.273 e. The summed E-state index contributed by atoms with van der Waals surface area (Å²) in [5.41, 5.74) is 6.84. The van der Waals surface area contributed by atoms with E-state index < -0.39 is 4.92 Å². The van der Waals surface area contributed by atoms with Crippen LogP contribution in [0.4, 0.5) is 10.8 Å². The molecule has 0 spiro atoms. The number of para-hydroxylation sites is 1. The molecule has 1 aromatic heterocycles. The molecule has 7 nitrogen and oxygen atoms in total. The van der Waals surface area contributed by atoms with E-state index in [1.807, 2.05) is 0 Å². The zero-order valence-corrected chi connectivity index (χ0v) is 11.8. The van der Waals surface area contributed by atoms with Crippen LogP contribution in [0.1, 0.15) is 16.1 Å². The smallest absolute Gasteiger partial charge is 0.273 e. The van der Waals surface area contributed by atoms with Crippen molar-refractivity contribution in [1.29, 1.82) is 0 Å². The summed E-state index contributed by atoms with van der Waals surface area (Å²) < 4.78 is 0. The molecule has 0 saturated carbocycles. The summed E-state index contributed by atoms with van der Waals surface area (Å²) in [6.45, 7) is 0.895. The van der Waals surface area contributed by atoms with Gasteiger partial charge < -0.3 is 10.6 Å². The Labute approximate surface area is 124 Å². The summed E-state index contributed by atoms with van der Waals surface area (Å²) in [6.07, 6.45) is 0.0155. The van der Waals surface area contributed by atoms with Crippen molar-refractivity contribution in [3.05, 3.63) is 50.5 Å². The Hall–Kier alpha value is -2.48. The molecule has 0 unspecified atom stereocenters. The Kier molecular flexibility index (Phi) is 3.30. The second-order valence-electron chi connectivity index (χ2n) is 4.73. The number of benzene rings is 1. The van der Waals surface area contributed by atoms with Gasteiger partial charge in [0, 0.05) is 11.6 Å². The second kappa shape index (κ2) is 5.13. The molecule has 21 heavy (non-hydrogen) atoms. The lowest BCUT2D eigenvalue weighted by molar-refractivity contribution is -0.385. The number of amides is 1. The molecule has 8 heteroatoms. The van der Waals surface area contributed by atoms with Crippen molar-refractivity contribution < 1.29 is 9.72 Å². The van der Waals surface area contributed by atoms with Gasteiger partial charge in [0.2, 0.25) is 5.91 Å². The lowest BCUT2D eigenvalue weighted by Crippen LogP contribution is -2.27. The summed E-state index contributed by atoms with van der Waals surface area (Å²) in [6, 6.07) is 6.30. The maximum atomic E-state index is 12.3. The highest BCUT2D eigenvalue weighted by atomic mass is 32.1. The van der Waals surface area contributed by atoms with Gasteiger partial charge in [-0.2, -0.15) is 0 Å². The van der Waals surface area contributed by atoms with E-state index in [0.29, 0.717) is 23.8 Å². The topological polar surface area (TPSA) is 102 Å². The molecule has 0 aliphatic carbocycles. The molecule has 2 aromatic rings. The highest BCUT2D eigenvalue weighted by Crippen LogP contribution is 2.30. The predicted molar refractivity (Wildman–Crippen MR) is 77.6 cm³/mol. The van der Waals surface area contributed by atoms with Gasteiger partial charge in [0.1, 0.15) is 0 Å². The fourth-order valence-electron chi connectivity index (χ4n) is 2.35. The minimum Gasteiger partial charge on any atom is -0.375 e. The third kappa shape index (κ3) is 2.57. The first kappa shape index (κ1) is 13.5. The van der Waals surface area contributed by atoms with Gasteiger partial charge in [-0.25, -0.2) is 4.98 Å². The first-order chi connectivity index (χ1) is 10.0. The summed E-state index contributed by atoms with van der Waals surface area (Å²) in [5.74, 6) is -0.145. The van der Waals surface area contributed by atoms with Crippen LogP contribution in [0.25, 0.3) is 0 Å². The fourth-order valence-corrected chi connectivity index (χ4v) is 3.21. The van der Waals surface area contributed by atoms with Crippen LogP contribution < -0.4 is 5.73 Å². The minimum absolute atomic E-state index is 0.0155. The molecule has 2 N–H and O–H groups in total. The molecular weight excluding hydrogens is 292 g/mol. The van der Waals surface area contributed by atoms with Gasteiger partial charge in [0.15, 0.2) is 5.13 Å². The normalized spacial score (nSPS) is 13.2. The van der Waals surface area contributed by atoms with Crippen LogP contribution in [0.5, 0.6) is 0 Å². The number of nitrogens with zero attached hydrogens (tertiary/aromatic N) is 3. The molecule has 0 fully saturated rings. The number of nitrogen functional groups attached to an aromatic ring is 1. The molecule has 0 radical (unpaired) electrons. The zero-order valence-electron chi connectivity index (χ0n) is 11.0. The van der Waals surface area contributed by atoms with Crippen molar-refractivity contribution in [2.45, 2.75) is 19.5 Å². The van der Waals surface area contributed by atoms with Crippen LogP contribution in [-0.2, 0) is 24.3 Å². The van der Waals surface area contributed by atoms with Gasteiger partial charge in [-0.1, -0.05) is 18.2 Å². The van der Waals surface area contributed by atoms with Crippen LogP contribution in [0.3, 0.4) is 0 Å². The molecule has 3 rings (SSSR count). The Morgan fingerprint density at radius 2 is 2.19 bits per heavy atom. The fraction of sp³-hybridized carbons (Fsp3) is 0.231. The molecular formula is C13H12N4O3S. The zero-order chi connectivity index (χ0) is 15.0. The summed E-state index contributed by atoms with van der Waals surface area (Å²) in [7, 11) is 0. The standard InChI is InChI=1S/C13H12N4O3S/c14-13-15-9-6-16(7-11(9)21-13)12(18)5-8-3-1-2-4-10(8)17(19)20/h1-4H,5-7H2,(H2,14,15). The van der Waals surface area contributed by atoms with Crippen molar-refractivity contribution in [2.75, 3.05) is 5.73 Å². The number of aromatic nitrogens is 1. The van der Waals surface area contributed by atoms with E-state index in [1.54, 1.807) is 23.1 Å². The van der Waals surface area contributed by atoms with Gasteiger partial charge in [-0.05, 0) is 0 Å². The van der Waals surface area contributed by atoms with Crippen molar-refractivity contribution in [2.24, 2.45) is 0 Å². The van der Waals surface area contributed by atoms with Crippen LogP contribution >= 0.6 is 11.3 Å². The Morgan fingerprint density at radius 1 is 1.43 bits per heavy atom. The number of anilines is 1. The number of hydrogen-bond acceptors (Lipinski definition) is 6. The van der Waals surface area contributed by atoms with Crippen molar-refractivity contribution in [3.8, 4) is 0 Å². The monoisotopic (exact) mass is 304 g/mol. The van der Waals surface area contributed by atoms with E-state index in [1.165, 1.54) is 17.4 Å². The third-order valence-corrected chi connectivity index (χ3v) is 4.26. The molecule has 108 valence electrons. The van der Waals surface area contributed by atoms with Crippen LogP contribution in [0.2, 0.25) is 0 Å². The molecule has 1 aromatic carbocycles. The van der Waals surface area contributed by atoms with Gasteiger partial charge in [-0.3, -0.25) is 14.9 Å². The number of nitrogens with two attached hydrogens (primary N) is 1. The summed E-state index contributed by atoms with van der Waals surface area (Å²) in [4.78, 5) is 29.6. The largest absolute Gasteiger partial charge is 0.375 e. The average molecular weight is 304 g/mol. The predicted octanol–water partition coefficient (Wildman–Crippen LogP) is 1.72. The Bertz CT molecular complexity index is 704. The highest BCUT2D eigenvalue weighted by Gasteiger charge is 2.28. The molecule has 0 saturated heterocycles. The quantitative estimate of drug-likeness (QED) is 0.687. The van der Waals surface area contributed by atoms with Crippen LogP contribution in [0.15, 0.2) is 24.3 Å². The second-order valence-corrected chi connectivity index (χ2v) is 5.85. The number of carbonyl (C=O) groups is 1. The third-order valence-electron chi connectivity index (χ3n) is 3.35. The highest BCUT2D eigenvalue weighted by molar-refractivity contribution is 7.15. The molecule has 1 aliphatic heterocycles. The molecule has 0 bridgehead atoms. The van der Waals surface area contributed by atoms with Gasteiger partial charge in [0.25, 0.3) is 5.69 Å². The van der Waals surface area contributed by atoms with Crippen LogP contribution in [0, 0.1) is 10.1 Å². The lowest BCUT2D eigenvalue weighted by Gasteiger charge is -2.15. The molecule has 2 heterocycles. The van der Waals surface area contributed by atoms with E-state index in [4.69, 9.17) is 5.73 Å². The van der Waals surface area contributed by atoms with Crippen molar-refractivity contribution in [3.63, 3.8) is 0 Å². The molecule has 0 atom stereocenters. The number of fused-ring (bicyclic) bond motifs is 1. The van der Waals surface area contributed by atoms with Crippen molar-refractivity contribution >= 4 is 28.1 Å². The van der Waals surface area contributed by atoms with E-state index in [9.17, 15) is 14.9 Å². The lowest BCUT2D eigenvalue weighted by atomic mass is 10.1. The van der Waals surface area contributed by atoms with E-state index in [2.05, 4.69) is 4.98 Å². The van der Waals surface area contributed by atoms with Gasteiger partial charge in [-0.15, -0.1) is 11.3 Å². The van der Waals surface area contributed by atoms with E-state index in [0.717, 1.165) is 10.6 Å². The molecule has 1 aliphatic rings. The first-order valence-electron chi connectivity index (χ1n) is 6.28. The van der Waals surface area contributed by atoms with E-state index in [-0.39, 0.29) is 18.0 Å². The summed E-state index contributed by atoms with van der Waals surface area (Å²) >= 11 is 1.38.